The lowest BCUT2D eigenvalue weighted by Crippen LogP contribution is -2.35. The first-order chi connectivity index (χ1) is 16.0. The zero-order valence-electron chi connectivity index (χ0n) is 17.6. The molecule has 1 unspecified atom stereocenters. The second-order valence-corrected chi connectivity index (χ2v) is 8.52. The average molecular weight is 469 g/mol. The fourth-order valence-electron chi connectivity index (χ4n) is 3.43. The van der Waals surface area contributed by atoms with Gasteiger partial charge in [0.15, 0.2) is 11.5 Å². The van der Waals surface area contributed by atoms with E-state index in [1.54, 1.807) is 41.1 Å². The average Bonchev–Trinajstić information content (AvgIpc) is 3.53. The van der Waals surface area contributed by atoms with Crippen molar-refractivity contribution in [1.29, 1.82) is 0 Å². The number of carbonyl (C=O) groups is 1. The number of aromatic nitrogens is 2. The number of nitrogens with zero attached hydrogens (tertiary/aromatic N) is 2. The maximum absolute atomic E-state index is 13.3. The van der Waals surface area contributed by atoms with Crippen LogP contribution in [0.1, 0.15) is 15.4 Å². The van der Waals surface area contributed by atoms with E-state index in [1.165, 1.54) is 23.5 Å². The number of aliphatic hydroxyl groups is 1. The molecule has 3 heterocycles. The summed E-state index contributed by atoms with van der Waals surface area (Å²) in [5.41, 5.74) is 1.47. The van der Waals surface area contributed by atoms with Crippen LogP contribution in [-0.4, -0.2) is 46.8 Å². The summed E-state index contributed by atoms with van der Waals surface area (Å²) in [4.78, 5) is 13.9. The Kier molecular flexibility index (Phi) is 5.61. The number of fused-ring (bicyclic) bond motifs is 2. The molecule has 4 aromatic rings. The third-order valence-corrected chi connectivity index (χ3v) is 6.23. The first-order valence-corrected chi connectivity index (χ1v) is 11.0. The van der Waals surface area contributed by atoms with E-state index in [-0.39, 0.29) is 31.7 Å². The van der Waals surface area contributed by atoms with Gasteiger partial charge in [0.1, 0.15) is 29.1 Å². The van der Waals surface area contributed by atoms with Gasteiger partial charge in [-0.15, -0.1) is 11.3 Å². The van der Waals surface area contributed by atoms with E-state index in [9.17, 15) is 14.3 Å². The monoisotopic (exact) mass is 469 g/mol. The number of halogens is 1. The van der Waals surface area contributed by atoms with Gasteiger partial charge in [0.2, 0.25) is 6.79 Å². The highest BCUT2D eigenvalue weighted by Gasteiger charge is 2.19. The number of thiophene rings is 1. The summed E-state index contributed by atoms with van der Waals surface area (Å²) in [5.74, 6) is 1.15. The van der Waals surface area contributed by atoms with Gasteiger partial charge < -0.3 is 24.6 Å². The Morgan fingerprint density at radius 2 is 2.03 bits per heavy atom. The van der Waals surface area contributed by atoms with Crippen LogP contribution in [0.3, 0.4) is 0 Å². The van der Waals surface area contributed by atoms with E-state index in [0.29, 0.717) is 27.8 Å². The van der Waals surface area contributed by atoms with Gasteiger partial charge >= 0.3 is 0 Å². The molecule has 8 nitrogen and oxygen atoms in total. The van der Waals surface area contributed by atoms with Crippen molar-refractivity contribution in [2.24, 2.45) is 0 Å². The quantitative estimate of drug-likeness (QED) is 0.431. The van der Waals surface area contributed by atoms with Crippen LogP contribution < -0.4 is 19.5 Å². The summed E-state index contributed by atoms with van der Waals surface area (Å²) in [7, 11) is 0. The molecule has 170 valence electrons. The largest absolute Gasteiger partial charge is 0.491 e. The summed E-state index contributed by atoms with van der Waals surface area (Å²) in [6.45, 7) is 2.06. The fourth-order valence-corrected chi connectivity index (χ4v) is 4.53. The molecule has 10 heteroatoms. The molecule has 1 atom stereocenters. The van der Waals surface area contributed by atoms with Crippen LogP contribution in [-0.2, 0) is 0 Å². The van der Waals surface area contributed by atoms with Gasteiger partial charge in [0.25, 0.3) is 5.91 Å². The molecule has 1 amide bonds. The smallest absolute Gasteiger partial charge is 0.261 e. The Bertz CT molecular complexity index is 1320. The molecule has 33 heavy (non-hydrogen) atoms. The zero-order chi connectivity index (χ0) is 22.9. The van der Waals surface area contributed by atoms with Crippen LogP contribution in [0.25, 0.3) is 15.9 Å². The van der Waals surface area contributed by atoms with E-state index in [0.717, 1.165) is 15.9 Å². The Balaban J connectivity index is 1.21. The number of nitrogens with one attached hydrogen (secondary N) is 1. The molecule has 1 aliphatic heterocycles. The molecule has 0 saturated heterocycles. The lowest BCUT2D eigenvalue weighted by atomic mass is 10.3. The van der Waals surface area contributed by atoms with Crippen molar-refractivity contribution >= 4 is 27.5 Å². The van der Waals surface area contributed by atoms with Crippen molar-refractivity contribution in [3.8, 4) is 22.9 Å². The molecule has 0 bridgehead atoms. The number of ether oxygens (including phenoxy) is 3. The molecular weight excluding hydrogens is 449 g/mol. The summed E-state index contributed by atoms with van der Waals surface area (Å²) in [5, 5.41) is 18.3. The van der Waals surface area contributed by atoms with Gasteiger partial charge in [-0.05, 0) is 49.4 Å². The highest BCUT2D eigenvalue weighted by Crippen LogP contribution is 2.35. The van der Waals surface area contributed by atoms with Crippen LogP contribution in [0.15, 0.2) is 48.5 Å². The van der Waals surface area contributed by atoms with Crippen molar-refractivity contribution in [3.05, 3.63) is 64.9 Å². The molecule has 5 rings (SSSR count). The Morgan fingerprint density at radius 3 is 2.85 bits per heavy atom. The molecular formula is C23H20FN3O5S. The van der Waals surface area contributed by atoms with Gasteiger partial charge in [-0.3, -0.25) is 4.79 Å². The molecule has 2 N–H and O–H groups in total. The molecule has 0 radical (unpaired) electrons. The lowest BCUT2D eigenvalue weighted by Gasteiger charge is -2.13. The maximum atomic E-state index is 13.3. The standard InChI is InChI=1S/C23H20FN3O5S/c1-13-18-9-21(33-23(18)27(26-13)15-4-2-14(24)3-5-15)22(29)25-10-16(28)11-30-17-6-7-19-20(8-17)32-12-31-19/h2-9,16,28H,10-12H2,1H3,(H,25,29). The summed E-state index contributed by atoms with van der Waals surface area (Å²) in [6, 6.07) is 12.9. The number of aliphatic hydroxyl groups excluding tert-OH is 1. The van der Waals surface area contributed by atoms with E-state index in [2.05, 4.69) is 10.4 Å². The topological polar surface area (TPSA) is 94.8 Å². The van der Waals surface area contributed by atoms with Crippen molar-refractivity contribution in [2.75, 3.05) is 19.9 Å². The summed E-state index contributed by atoms with van der Waals surface area (Å²) < 4.78 is 31.1. The molecule has 0 fully saturated rings. The van der Waals surface area contributed by atoms with Crippen LogP contribution >= 0.6 is 11.3 Å². The Labute approximate surface area is 192 Å². The van der Waals surface area contributed by atoms with Gasteiger partial charge in [-0.1, -0.05) is 0 Å². The van der Waals surface area contributed by atoms with Crippen molar-refractivity contribution in [2.45, 2.75) is 13.0 Å². The first kappa shape index (κ1) is 21.2. The molecule has 0 saturated carbocycles. The highest BCUT2D eigenvalue weighted by molar-refractivity contribution is 7.20. The summed E-state index contributed by atoms with van der Waals surface area (Å²) >= 11 is 1.28. The SMILES string of the molecule is Cc1nn(-c2ccc(F)cc2)c2sc(C(=O)NCC(O)COc3ccc4c(c3)OCO4)cc12. The molecule has 1 aliphatic rings. The van der Waals surface area contributed by atoms with Gasteiger partial charge in [-0.2, -0.15) is 5.10 Å². The van der Waals surface area contributed by atoms with Crippen LogP contribution in [0.4, 0.5) is 4.39 Å². The second-order valence-electron chi connectivity index (χ2n) is 7.49. The lowest BCUT2D eigenvalue weighted by molar-refractivity contribution is 0.0846. The second kappa shape index (κ2) is 8.72. The number of aryl methyl sites for hydroxylation is 1. The van der Waals surface area contributed by atoms with E-state index >= 15 is 0 Å². The van der Waals surface area contributed by atoms with E-state index < -0.39 is 6.10 Å². The number of benzene rings is 2. The molecule has 0 spiro atoms. The first-order valence-electron chi connectivity index (χ1n) is 10.2. The molecule has 2 aromatic heterocycles. The molecule has 2 aromatic carbocycles. The minimum absolute atomic E-state index is 0.00494. The molecule has 0 aliphatic carbocycles. The van der Waals surface area contributed by atoms with Crippen molar-refractivity contribution in [1.82, 2.24) is 15.1 Å². The number of rotatable bonds is 7. The minimum Gasteiger partial charge on any atom is -0.491 e. The Morgan fingerprint density at radius 1 is 1.24 bits per heavy atom. The number of carbonyl (C=O) groups excluding carboxylic acids is 1. The predicted octanol–water partition coefficient (Wildman–Crippen LogP) is 3.43. The van der Waals surface area contributed by atoms with Gasteiger partial charge in [0, 0.05) is 18.0 Å². The van der Waals surface area contributed by atoms with Gasteiger partial charge in [0.05, 0.1) is 16.3 Å². The predicted molar refractivity (Wildman–Crippen MR) is 120 cm³/mol. The highest BCUT2D eigenvalue weighted by atomic mass is 32.1. The number of hydrogen-bond donors (Lipinski definition) is 2. The number of amides is 1. The number of hydrogen-bond acceptors (Lipinski definition) is 7. The fraction of sp³-hybridized carbons (Fsp3) is 0.217. The van der Waals surface area contributed by atoms with Crippen molar-refractivity contribution < 1.29 is 28.5 Å². The van der Waals surface area contributed by atoms with E-state index in [4.69, 9.17) is 14.2 Å². The minimum atomic E-state index is -0.898. The third kappa shape index (κ3) is 4.35. The van der Waals surface area contributed by atoms with E-state index in [1.807, 2.05) is 6.92 Å². The zero-order valence-corrected chi connectivity index (χ0v) is 18.4. The summed E-state index contributed by atoms with van der Waals surface area (Å²) in [6.07, 6.45) is -0.898. The van der Waals surface area contributed by atoms with Crippen molar-refractivity contribution in [3.63, 3.8) is 0 Å². The normalized spacial score (nSPS) is 13.3. The van der Waals surface area contributed by atoms with Crippen LogP contribution in [0.5, 0.6) is 17.2 Å². The third-order valence-electron chi connectivity index (χ3n) is 5.12. The van der Waals surface area contributed by atoms with Gasteiger partial charge in [-0.25, -0.2) is 9.07 Å². The van der Waals surface area contributed by atoms with Crippen LogP contribution in [0.2, 0.25) is 0 Å². The maximum Gasteiger partial charge on any atom is 0.261 e. The Hall–Kier alpha value is -3.63. The van der Waals surface area contributed by atoms with Crippen LogP contribution in [0, 0.1) is 12.7 Å².